The molecule has 1 heterocycles. The summed E-state index contributed by atoms with van der Waals surface area (Å²) in [4.78, 5) is 2.36. The molecule has 0 radical (unpaired) electrons. The summed E-state index contributed by atoms with van der Waals surface area (Å²) in [5.74, 6) is 3.08. The lowest BCUT2D eigenvalue weighted by Crippen LogP contribution is -2.42. The van der Waals surface area contributed by atoms with Crippen molar-refractivity contribution in [1.29, 1.82) is 0 Å². The maximum absolute atomic E-state index is 9.80. The zero-order valence-electron chi connectivity index (χ0n) is 9.91. The molecule has 0 amide bonds. The first-order valence-electron chi connectivity index (χ1n) is 5.87. The van der Waals surface area contributed by atoms with Gasteiger partial charge in [0.15, 0.2) is 0 Å². The average Bonchev–Trinajstić information content (AvgIpc) is 2.18. The van der Waals surface area contributed by atoms with Crippen LogP contribution in [-0.4, -0.2) is 60.3 Å². The van der Waals surface area contributed by atoms with Crippen molar-refractivity contribution in [2.24, 2.45) is 5.92 Å². The summed E-state index contributed by atoms with van der Waals surface area (Å²) < 4.78 is 0. The number of hydrogen-bond acceptors (Lipinski definition) is 4. The lowest BCUT2D eigenvalue weighted by atomic mass is 10.2. The van der Waals surface area contributed by atoms with Gasteiger partial charge < -0.3 is 10.4 Å². The van der Waals surface area contributed by atoms with Crippen LogP contribution in [0.15, 0.2) is 0 Å². The molecule has 0 aromatic carbocycles. The molecule has 1 saturated heterocycles. The second-order valence-corrected chi connectivity index (χ2v) is 5.84. The third-order valence-electron chi connectivity index (χ3n) is 2.51. The first-order valence-corrected chi connectivity index (χ1v) is 7.03. The van der Waals surface area contributed by atoms with E-state index >= 15 is 0 Å². The Labute approximate surface area is 97.6 Å². The molecule has 0 saturated carbocycles. The van der Waals surface area contributed by atoms with E-state index in [-0.39, 0.29) is 6.10 Å². The Bertz CT molecular complexity index is 161. The van der Waals surface area contributed by atoms with Crippen LogP contribution in [0.5, 0.6) is 0 Å². The van der Waals surface area contributed by atoms with Crippen LogP contribution in [0, 0.1) is 5.92 Å². The van der Waals surface area contributed by atoms with Crippen molar-refractivity contribution in [3.8, 4) is 0 Å². The van der Waals surface area contributed by atoms with Crippen molar-refractivity contribution < 1.29 is 5.11 Å². The minimum atomic E-state index is -0.216. The predicted octanol–water partition coefficient (Wildman–Crippen LogP) is 0.642. The summed E-state index contributed by atoms with van der Waals surface area (Å²) in [6.45, 7) is 9.17. The molecule has 1 aliphatic rings. The normalized spacial score (nSPS) is 20.8. The Morgan fingerprint density at radius 2 is 1.93 bits per heavy atom. The molecule has 3 nitrogen and oxygen atoms in total. The van der Waals surface area contributed by atoms with Gasteiger partial charge in [0.2, 0.25) is 0 Å². The van der Waals surface area contributed by atoms with Crippen LogP contribution < -0.4 is 5.32 Å². The van der Waals surface area contributed by atoms with Crippen LogP contribution in [-0.2, 0) is 0 Å². The molecule has 0 aliphatic carbocycles. The summed E-state index contributed by atoms with van der Waals surface area (Å²) in [5.41, 5.74) is 0. The third-order valence-corrected chi connectivity index (χ3v) is 3.45. The first-order chi connectivity index (χ1) is 7.18. The highest BCUT2D eigenvalue weighted by Crippen LogP contribution is 2.09. The molecular weight excluding hydrogens is 208 g/mol. The van der Waals surface area contributed by atoms with E-state index in [9.17, 15) is 5.11 Å². The van der Waals surface area contributed by atoms with E-state index in [0.29, 0.717) is 5.92 Å². The van der Waals surface area contributed by atoms with Crippen molar-refractivity contribution >= 4 is 11.8 Å². The van der Waals surface area contributed by atoms with Gasteiger partial charge in [0.25, 0.3) is 0 Å². The van der Waals surface area contributed by atoms with E-state index in [0.717, 1.165) is 32.7 Å². The van der Waals surface area contributed by atoms with Crippen LogP contribution in [0.25, 0.3) is 0 Å². The van der Waals surface area contributed by atoms with Gasteiger partial charge in [0.05, 0.1) is 6.10 Å². The van der Waals surface area contributed by atoms with Crippen molar-refractivity contribution in [3.05, 3.63) is 0 Å². The van der Waals surface area contributed by atoms with Crippen molar-refractivity contribution in [2.45, 2.75) is 20.0 Å². The van der Waals surface area contributed by atoms with Gasteiger partial charge >= 0.3 is 0 Å². The molecule has 0 aromatic rings. The van der Waals surface area contributed by atoms with Crippen molar-refractivity contribution in [1.82, 2.24) is 10.2 Å². The number of hydrogen-bond donors (Lipinski definition) is 2. The molecule has 2 N–H and O–H groups in total. The van der Waals surface area contributed by atoms with Gasteiger partial charge in [-0.15, -0.1) is 0 Å². The lowest BCUT2D eigenvalue weighted by molar-refractivity contribution is 0.116. The van der Waals surface area contributed by atoms with E-state index in [1.54, 1.807) is 0 Å². The quantitative estimate of drug-likeness (QED) is 0.704. The minimum absolute atomic E-state index is 0.216. The molecule has 1 unspecified atom stereocenters. The van der Waals surface area contributed by atoms with Crippen molar-refractivity contribution in [2.75, 3.05) is 44.2 Å². The van der Waals surface area contributed by atoms with E-state index < -0.39 is 0 Å². The number of nitrogens with zero attached hydrogens (tertiary/aromatic N) is 1. The summed E-state index contributed by atoms with van der Waals surface area (Å²) in [5, 5.41) is 13.1. The maximum Gasteiger partial charge on any atom is 0.0791 e. The fourth-order valence-electron chi connectivity index (χ4n) is 1.68. The lowest BCUT2D eigenvalue weighted by Gasteiger charge is -2.28. The number of nitrogens with one attached hydrogen (secondary N) is 1. The molecule has 0 bridgehead atoms. The van der Waals surface area contributed by atoms with E-state index in [1.807, 2.05) is 11.8 Å². The van der Waals surface area contributed by atoms with Gasteiger partial charge in [-0.05, 0) is 12.5 Å². The van der Waals surface area contributed by atoms with Gasteiger partial charge in [-0.1, -0.05) is 13.8 Å². The van der Waals surface area contributed by atoms with E-state index in [2.05, 4.69) is 24.1 Å². The van der Waals surface area contributed by atoms with Crippen molar-refractivity contribution in [3.63, 3.8) is 0 Å². The van der Waals surface area contributed by atoms with Gasteiger partial charge in [0, 0.05) is 37.7 Å². The van der Waals surface area contributed by atoms with Crippen LogP contribution in [0.1, 0.15) is 13.8 Å². The number of β-amino-alcohol motifs (C(OH)–C–C–N with tert-alkyl or cyclic N) is 1. The molecule has 90 valence electrons. The van der Waals surface area contributed by atoms with E-state index in [1.165, 1.54) is 11.5 Å². The Morgan fingerprint density at radius 1 is 1.27 bits per heavy atom. The van der Waals surface area contributed by atoms with Crippen LogP contribution in [0.3, 0.4) is 0 Å². The first kappa shape index (κ1) is 13.3. The summed E-state index contributed by atoms with van der Waals surface area (Å²) in [6, 6.07) is 0. The average molecular weight is 232 g/mol. The third kappa shape index (κ3) is 6.40. The Morgan fingerprint density at radius 3 is 2.53 bits per heavy atom. The molecule has 1 aliphatic heterocycles. The summed E-state index contributed by atoms with van der Waals surface area (Å²) >= 11 is 2.01. The number of aliphatic hydroxyl groups is 1. The second-order valence-electron chi connectivity index (χ2n) is 4.62. The zero-order valence-corrected chi connectivity index (χ0v) is 10.7. The van der Waals surface area contributed by atoms with Gasteiger partial charge in [0.1, 0.15) is 0 Å². The standard InChI is InChI=1S/C11H24N2OS/c1-10(2)7-12-8-11(14)9-13-3-5-15-6-4-13/h10-12,14H,3-9H2,1-2H3. The SMILES string of the molecule is CC(C)CNCC(O)CN1CCSCC1. The largest absolute Gasteiger partial charge is 0.390 e. The molecule has 0 aromatic heterocycles. The molecule has 1 rings (SSSR count). The smallest absolute Gasteiger partial charge is 0.0791 e. The van der Waals surface area contributed by atoms with Gasteiger partial charge in [-0.3, -0.25) is 4.90 Å². The monoisotopic (exact) mass is 232 g/mol. The van der Waals surface area contributed by atoms with E-state index in [4.69, 9.17) is 0 Å². The highest BCUT2D eigenvalue weighted by molar-refractivity contribution is 7.99. The molecule has 1 atom stereocenters. The second kappa shape index (κ2) is 7.49. The molecule has 4 heteroatoms. The van der Waals surface area contributed by atoms with Gasteiger partial charge in [-0.2, -0.15) is 11.8 Å². The highest BCUT2D eigenvalue weighted by atomic mass is 32.2. The van der Waals surface area contributed by atoms with Gasteiger partial charge in [-0.25, -0.2) is 0 Å². The van der Waals surface area contributed by atoms with Crippen LogP contribution in [0.2, 0.25) is 0 Å². The predicted molar refractivity (Wildman–Crippen MR) is 67.5 cm³/mol. The number of thioether (sulfide) groups is 1. The summed E-state index contributed by atoms with van der Waals surface area (Å²) in [7, 11) is 0. The number of aliphatic hydroxyl groups excluding tert-OH is 1. The van der Waals surface area contributed by atoms with Crippen LogP contribution in [0.4, 0.5) is 0 Å². The van der Waals surface area contributed by atoms with Crippen LogP contribution >= 0.6 is 11.8 Å². The number of rotatable bonds is 6. The minimum Gasteiger partial charge on any atom is -0.390 e. The zero-order chi connectivity index (χ0) is 11.1. The molecule has 15 heavy (non-hydrogen) atoms. The highest BCUT2D eigenvalue weighted by Gasteiger charge is 2.14. The fourth-order valence-corrected chi connectivity index (χ4v) is 2.66. The fraction of sp³-hybridized carbons (Fsp3) is 1.00. The molecular formula is C11H24N2OS. The Kier molecular flexibility index (Phi) is 6.64. The maximum atomic E-state index is 9.80. The molecule has 1 fully saturated rings. The topological polar surface area (TPSA) is 35.5 Å². The Hall–Kier alpha value is 0.230. The molecule has 0 spiro atoms. The Balaban J connectivity index is 2.03. The summed E-state index contributed by atoms with van der Waals surface area (Å²) in [6.07, 6.45) is -0.216.